The molecule has 4 rings (SSSR count). The molecule has 1 N–H and O–H groups in total. The van der Waals surface area contributed by atoms with Gasteiger partial charge in [-0.2, -0.15) is 0 Å². The number of Topliss-reactive ketones (excluding diaryl/α,β-unsaturated/α-hetero) is 2. The van der Waals surface area contributed by atoms with Gasteiger partial charge >= 0.3 is 0 Å². The highest BCUT2D eigenvalue weighted by molar-refractivity contribution is 6.41. The van der Waals surface area contributed by atoms with Crippen LogP contribution in [0.4, 0.5) is 5.69 Å². The molecule has 0 spiro atoms. The van der Waals surface area contributed by atoms with Gasteiger partial charge in [0.2, 0.25) is 0 Å². The molecule has 0 atom stereocenters. The molecular weight excluding hydrogens is 394 g/mol. The van der Waals surface area contributed by atoms with Crippen LogP contribution in [0.3, 0.4) is 0 Å². The number of fused-ring (bicyclic) bond motifs is 1. The second kappa shape index (κ2) is 8.67. The molecule has 31 heavy (non-hydrogen) atoms. The summed E-state index contributed by atoms with van der Waals surface area (Å²) < 4.78 is 11.1. The van der Waals surface area contributed by atoms with Gasteiger partial charge in [0.1, 0.15) is 0 Å². The summed E-state index contributed by atoms with van der Waals surface area (Å²) >= 11 is 0. The van der Waals surface area contributed by atoms with Gasteiger partial charge in [-0.05, 0) is 24.3 Å². The van der Waals surface area contributed by atoms with E-state index in [4.69, 9.17) is 9.47 Å². The van der Waals surface area contributed by atoms with Gasteiger partial charge in [-0.15, -0.1) is 0 Å². The standard InChI is InChI=1S/C25H19NO5/c1-30-21-13-7-8-16(14-20-23(28)18-11-5-6-12-19(18)24(20)29)25(21)31-15-22(27)26-17-9-3-2-4-10-17/h2-14H,15H2,1H3,(H,26,27). The minimum atomic E-state index is -0.351. The summed E-state index contributed by atoms with van der Waals surface area (Å²) in [6, 6.07) is 20.8. The Hall–Kier alpha value is -4.19. The van der Waals surface area contributed by atoms with E-state index in [1.807, 2.05) is 18.2 Å². The summed E-state index contributed by atoms with van der Waals surface area (Å²) in [5.74, 6) is -0.363. The molecule has 154 valence electrons. The first-order valence-corrected chi connectivity index (χ1v) is 9.63. The monoisotopic (exact) mass is 413 g/mol. The van der Waals surface area contributed by atoms with Crippen molar-refractivity contribution < 1.29 is 23.9 Å². The van der Waals surface area contributed by atoms with Crippen LogP contribution in [0.15, 0.2) is 78.4 Å². The highest BCUT2D eigenvalue weighted by Gasteiger charge is 2.32. The maximum atomic E-state index is 12.7. The molecule has 0 fully saturated rings. The van der Waals surface area contributed by atoms with Crippen LogP contribution in [0.5, 0.6) is 11.5 Å². The van der Waals surface area contributed by atoms with Crippen molar-refractivity contribution in [1.29, 1.82) is 0 Å². The number of benzene rings is 3. The minimum absolute atomic E-state index is 0.0491. The Balaban J connectivity index is 1.60. The van der Waals surface area contributed by atoms with Crippen molar-refractivity contribution >= 4 is 29.2 Å². The SMILES string of the molecule is COc1cccc(C=C2C(=O)c3ccccc3C2=O)c1OCC(=O)Nc1ccccc1. The maximum Gasteiger partial charge on any atom is 0.262 e. The number of carbonyl (C=O) groups excluding carboxylic acids is 3. The molecule has 0 aromatic heterocycles. The van der Waals surface area contributed by atoms with E-state index in [0.717, 1.165) is 0 Å². The molecule has 6 nitrogen and oxygen atoms in total. The Kier molecular flexibility index (Phi) is 5.62. The summed E-state index contributed by atoms with van der Waals surface area (Å²) in [5, 5.41) is 2.74. The first kappa shape index (κ1) is 20.1. The second-order valence-electron chi connectivity index (χ2n) is 6.84. The molecule has 0 radical (unpaired) electrons. The van der Waals surface area contributed by atoms with Gasteiger partial charge in [-0.1, -0.05) is 54.6 Å². The Morgan fingerprint density at radius 1 is 0.871 bits per heavy atom. The quantitative estimate of drug-likeness (QED) is 0.484. The number of carbonyl (C=O) groups is 3. The normalized spacial score (nSPS) is 12.4. The second-order valence-corrected chi connectivity index (χ2v) is 6.84. The molecule has 0 unspecified atom stereocenters. The lowest BCUT2D eigenvalue weighted by Gasteiger charge is -2.14. The number of ether oxygens (including phenoxy) is 2. The fourth-order valence-corrected chi connectivity index (χ4v) is 3.38. The van der Waals surface area contributed by atoms with E-state index in [2.05, 4.69) is 5.32 Å². The summed E-state index contributed by atoms with van der Waals surface area (Å²) in [7, 11) is 1.48. The lowest BCUT2D eigenvalue weighted by atomic mass is 10.1. The van der Waals surface area contributed by atoms with Crippen LogP contribution in [0.2, 0.25) is 0 Å². The summed E-state index contributed by atoms with van der Waals surface area (Å²) in [5.41, 5.74) is 1.93. The zero-order valence-corrected chi connectivity index (χ0v) is 16.8. The van der Waals surface area contributed by atoms with E-state index < -0.39 is 0 Å². The number of nitrogens with one attached hydrogen (secondary N) is 1. The molecule has 0 aliphatic heterocycles. The Bertz CT molecular complexity index is 1160. The number of allylic oxidation sites excluding steroid dienone is 1. The number of amides is 1. The number of hydrogen-bond acceptors (Lipinski definition) is 5. The van der Waals surface area contributed by atoms with E-state index in [1.165, 1.54) is 13.2 Å². The molecule has 1 aliphatic rings. The number of hydrogen-bond donors (Lipinski definition) is 1. The maximum absolute atomic E-state index is 12.7. The van der Waals surface area contributed by atoms with E-state index in [1.54, 1.807) is 54.6 Å². The lowest BCUT2D eigenvalue weighted by Crippen LogP contribution is -2.20. The fraction of sp³-hybridized carbons (Fsp3) is 0.0800. The molecule has 0 heterocycles. The highest BCUT2D eigenvalue weighted by atomic mass is 16.5. The van der Waals surface area contributed by atoms with E-state index in [9.17, 15) is 14.4 Å². The molecule has 6 heteroatoms. The Morgan fingerprint density at radius 2 is 1.52 bits per heavy atom. The van der Waals surface area contributed by atoms with Crippen LogP contribution >= 0.6 is 0 Å². The van der Waals surface area contributed by atoms with Crippen molar-refractivity contribution in [3.63, 3.8) is 0 Å². The van der Waals surface area contributed by atoms with Crippen molar-refractivity contribution in [2.45, 2.75) is 0 Å². The molecule has 3 aromatic carbocycles. The van der Waals surface area contributed by atoms with Crippen molar-refractivity contribution in [3.05, 3.63) is 95.1 Å². The van der Waals surface area contributed by atoms with Crippen LogP contribution in [0, 0.1) is 0 Å². The highest BCUT2D eigenvalue weighted by Crippen LogP contribution is 2.35. The fourth-order valence-electron chi connectivity index (χ4n) is 3.38. The third-order valence-corrected chi connectivity index (χ3v) is 4.84. The minimum Gasteiger partial charge on any atom is -0.493 e. The molecule has 0 bridgehead atoms. The Morgan fingerprint density at radius 3 is 2.16 bits per heavy atom. The van der Waals surface area contributed by atoms with Gasteiger partial charge in [0.05, 0.1) is 12.7 Å². The zero-order valence-electron chi connectivity index (χ0n) is 16.8. The zero-order chi connectivity index (χ0) is 21.8. The van der Waals surface area contributed by atoms with E-state index in [0.29, 0.717) is 28.1 Å². The van der Waals surface area contributed by atoms with Gasteiger partial charge in [0, 0.05) is 22.4 Å². The number of ketones is 2. The largest absolute Gasteiger partial charge is 0.493 e. The smallest absolute Gasteiger partial charge is 0.262 e. The third-order valence-electron chi connectivity index (χ3n) is 4.84. The average molecular weight is 413 g/mol. The number of rotatable bonds is 6. The number of para-hydroxylation sites is 2. The number of anilines is 1. The predicted molar refractivity (Wildman–Crippen MR) is 117 cm³/mol. The van der Waals surface area contributed by atoms with Crippen molar-refractivity contribution in [3.8, 4) is 11.5 Å². The topological polar surface area (TPSA) is 81.7 Å². The molecule has 0 saturated heterocycles. The van der Waals surface area contributed by atoms with Gasteiger partial charge in [-0.25, -0.2) is 0 Å². The molecule has 3 aromatic rings. The van der Waals surface area contributed by atoms with Gasteiger partial charge in [0.15, 0.2) is 29.7 Å². The summed E-state index contributed by atoms with van der Waals surface area (Å²) in [6.07, 6.45) is 1.48. The van der Waals surface area contributed by atoms with Crippen LogP contribution in [-0.4, -0.2) is 31.2 Å². The Labute approximate surface area is 179 Å². The first-order chi connectivity index (χ1) is 15.1. The molecule has 0 saturated carbocycles. The lowest BCUT2D eigenvalue weighted by molar-refractivity contribution is -0.118. The molecular formula is C25H19NO5. The van der Waals surface area contributed by atoms with Crippen molar-refractivity contribution in [1.82, 2.24) is 0 Å². The molecule has 1 amide bonds. The van der Waals surface area contributed by atoms with Crippen molar-refractivity contribution in [2.24, 2.45) is 0 Å². The summed E-state index contributed by atoms with van der Waals surface area (Å²) in [6.45, 7) is -0.270. The van der Waals surface area contributed by atoms with Gasteiger partial charge < -0.3 is 14.8 Å². The summed E-state index contributed by atoms with van der Waals surface area (Å²) in [4.78, 5) is 37.7. The van der Waals surface area contributed by atoms with Crippen molar-refractivity contribution in [2.75, 3.05) is 19.0 Å². The van der Waals surface area contributed by atoms with E-state index >= 15 is 0 Å². The predicted octanol–water partition coefficient (Wildman–Crippen LogP) is 4.18. The van der Waals surface area contributed by atoms with Crippen LogP contribution in [0.25, 0.3) is 6.08 Å². The molecule has 1 aliphatic carbocycles. The first-order valence-electron chi connectivity index (χ1n) is 9.63. The van der Waals surface area contributed by atoms with Crippen LogP contribution < -0.4 is 14.8 Å². The van der Waals surface area contributed by atoms with Crippen LogP contribution in [-0.2, 0) is 4.79 Å². The van der Waals surface area contributed by atoms with Gasteiger partial charge in [-0.3, -0.25) is 14.4 Å². The van der Waals surface area contributed by atoms with Crippen LogP contribution in [0.1, 0.15) is 26.3 Å². The number of methoxy groups -OCH3 is 1. The van der Waals surface area contributed by atoms with E-state index in [-0.39, 0.29) is 35.4 Å². The third kappa shape index (κ3) is 4.09. The van der Waals surface area contributed by atoms with Gasteiger partial charge in [0.25, 0.3) is 5.91 Å². The average Bonchev–Trinajstić information content (AvgIpc) is 3.03.